The summed E-state index contributed by atoms with van der Waals surface area (Å²) >= 11 is 0. The van der Waals surface area contributed by atoms with Gasteiger partial charge in [0.05, 0.1) is 16.9 Å². The predicted molar refractivity (Wildman–Crippen MR) is 121 cm³/mol. The third kappa shape index (κ3) is 6.17. The molecule has 3 rings (SSSR count). The van der Waals surface area contributed by atoms with Gasteiger partial charge in [-0.15, -0.1) is 0 Å². The number of nitrogens with one attached hydrogen (secondary N) is 1. The normalized spacial score (nSPS) is 16.3. The molecule has 0 bridgehead atoms. The van der Waals surface area contributed by atoms with E-state index in [4.69, 9.17) is 4.74 Å². The zero-order chi connectivity index (χ0) is 23.0. The molecule has 0 aromatic heterocycles. The molecule has 1 fully saturated rings. The van der Waals surface area contributed by atoms with Gasteiger partial charge in [-0.2, -0.15) is 4.31 Å². The third-order valence-corrected chi connectivity index (χ3v) is 7.54. The number of nitrogens with zero attached hydrogens (tertiary/aromatic N) is 1. The zero-order valence-corrected chi connectivity index (χ0v) is 19.1. The Kier molecular flexibility index (Phi) is 8.41. The molecule has 1 aliphatic rings. The fourth-order valence-corrected chi connectivity index (χ4v) is 5.35. The van der Waals surface area contributed by atoms with Gasteiger partial charge in [0.2, 0.25) is 10.0 Å². The smallest absolute Gasteiger partial charge is 0.309 e. The minimum Gasteiger partial charge on any atom is -0.455 e. The highest BCUT2D eigenvalue weighted by Crippen LogP contribution is 2.24. The summed E-state index contributed by atoms with van der Waals surface area (Å²) in [6.07, 6.45) is 2.44. The van der Waals surface area contributed by atoms with Gasteiger partial charge in [0, 0.05) is 13.1 Å². The molecular weight excluding hydrogens is 428 g/mol. The van der Waals surface area contributed by atoms with E-state index in [-0.39, 0.29) is 36.5 Å². The molecule has 172 valence electrons. The Morgan fingerprint density at radius 1 is 1.03 bits per heavy atom. The highest BCUT2D eigenvalue weighted by Gasteiger charge is 2.33. The average Bonchev–Trinajstić information content (AvgIpc) is 2.83. The Morgan fingerprint density at radius 2 is 1.62 bits per heavy atom. The Labute approximate surface area is 189 Å². The van der Waals surface area contributed by atoms with E-state index in [2.05, 4.69) is 5.32 Å². The molecule has 0 saturated carbocycles. The van der Waals surface area contributed by atoms with Gasteiger partial charge >= 0.3 is 5.97 Å². The monoisotopic (exact) mass is 458 g/mol. The number of piperidine rings is 1. The van der Waals surface area contributed by atoms with E-state index in [1.54, 1.807) is 30.3 Å². The van der Waals surface area contributed by atoms with Crippen LogP contribution in [-0.4, -0.2) is 44.3 Å². The van der Waals surface area contributed by atoms with Crippen molar-refractivity contribution >= 4 is 21.9 Å². The van der Waals surface area contributed by atoms with Crippen molar-refractivity contribution < 1.29 is 22.7 Å². The number of sulfonamides is 1. The standard InChI is InChI=1S/C24H30N2O5S/c1-2-9-22(19-10-5-3-6-11-19)25-23(27)18-31-24(28)20-14-16-26(17-15-20)32(29,30)21-12-7-4-8-13-21/h3-8,10-13,20,22H,2,9,14-18H2,1H3,(H,25,27). The molecule has 1 atom stereocenters. The van der Waals surface area contributed by atoms with Crippen molar-refractivity contribution in [2.75, 3.05) is 19.7 Å². The lowest BCUT2D eigenvalue weighted by Crippen LogP contribution is -2.41. The molecule has 1 aliphatic heterocycles. The summed E-state index contributed by atoms with van der Waals surface area (Å²) in [5, 5.41) is 2.93. The molecule has 2 aromatic rings. The maximum Gasteiger partial charge on any atom is 0.309 e. The molecule has 1 amide bonds. The number of hydrogen-bond donors (Lipinski definition) is 1. The minimum atomic E-state index is -3.57. The van der Waals surface area contributed by atoms with Gasteiger partial charge in [0.15, 0.2) is 6.61 Å². The summed E-state index contributed by atoms with van der Waals surface area (Å²) in [5.41, 5.74) is 1.01. The predicted octanol–water partition coefficient (Wildman–Crippen LogP) is 3.29. The molecule has 0 aliphatic carbocycles. The second-order valence-electron chi connectivity index (χ2n) is 7.92. The molecule has 0 radical (unpaired) electrons. The van der Waals surface area contributed by atoms with Crippen molar-refractivity contribution in [1.29, 1.82) is 0 Å². The van der Waals surface area contributed by atoms with Crippen molar-refractivity contribution in [1.82, 2.24) is 9.62 Å². The molecule has 32 heavy (non-hydrogen) atoms. The van der Waals surface area contributed by atoms with Crippen LogP contribution >= 0.6 is 0 Å². The van der Waals surface area contributed by atoms with E-state index < -0.39 is 21.9 Å². The summed E-state index contributed by atoms with van der Waals surface area (Å²) in [6, 6.07) is 17.8. The Morgan fingerprint density at radius 3 is 2.22 bits per heavy atom. The first-order valence-electron chi connectivity index (χ1n) is 11.0. The summed E-state index contributed by atoms with van der Waals surface area (Å²) in [5.74, 6) is -1.21. The van der Waals surface area contributed by atoms with Crippen LogP contribution in [0, 0.1) is 5.92 Å². The van der Waals surface area contributed by atoms with Gasteiger partial charge in [-0.05, 0) is 37.0 Å². The molecule has 0 spiro atoms. The van der Waals surface area contributed by atoms with Crippen molar-refractivity contribution in [2.24, 2.45) is 5.92 Å². The average molecular weight is 459 g/mol. The third-order valence-electron chi connectivity index (χ3n) is 5.63. The van der Waals surface area contributed by atoms with Crippen molar-refractivity contribution in [3.8, 4) is 0 Å². The van der Waals surface area contributed by atoms with E-state index in [1.165, 1.54) is 4.31 Å². The van der Waals surface area contributed by atoms with Gasteiger partial charge in [-0.3, -0.25) is 9.59 Å². The first kappa shape index (κ1) is 23.9. The molecule has 8 heteroatoms. The zero-order valence-electron chi connectivity index (χ0n) is 18.3. The van der Waals surface area contributed by atoms with Crippen LogP contribution < -0.4 is 5.32 Å². The molecule has 1 unspecified atom stereocenters. The fraction of sp³-hybridized carbons (Fsp3) is 0.417. The van der Waals surface area contributed by atoms with Crippen LogP contribution in [0.5, 0.6) is 0 Å². The second kappa shape index (κ2) is 11.2. The number of rotatable bonds is 9. The molecule has 1 N–H and O–H groups in total. The van der Waals surface area contributed by atoms with E-state index in [0.717, 1.165) is 18.4 Å². The highest BCUT2D eigenvalue weighted by atomic mass is 32.2. The summed E-state index contributed by atoms with van der Waals surface area (Å²) in [4.78, 5) is 25.0. The van der Waals surface area contributed by atoms with E-state index >= 15 is 0 Å². The molecular formula is C24H30N2O5S. The largest absolute Gasteiger partial charge is 0.455 e. The quantitative estimate of drug-likeness (QED) is 0.582. The van der Waals surface area contributed by atoms with Crippen LogP contribution in [0.3, 0.4) is 0 Å². The number of ether oxygens (including phenoxy) is 1. The highest BCUT2D eigenvalue weighted by molar-refractivity contribution is 7.89. The van der Waals surface area contributed by atoms with Crippen LogP contribution in [0.2, 0.25) is 0 Å². The van der Waals surface area contributed by atoms with Gasteiger partial charge < -0.3 is 10.1 Å². The lowest BCUT2D eigenvalue weighted by atomic mass is 9.98. The van der Waals surface area contributed by atoms with E-state index in [9.17, 15) is 18.0 Å². The Hall–Kier alpha value is -2.71. The Balaban J connectivity index is 1.47. The van der Waals surface area contributed by atoms with Crippen LogP contribution in [0.25, 0.3) is 0 Å². The van der Waals surface area contributed by atoms with Crippen molar-refractivity contribution in [3.05, 3.63) is 66.2 Å². The summed E-state index contributed by atoms with van der Waals surface area (Å²) < 4.78 is 32.1. The maximum atomic E-state index is 12.7. The van der Waals surface area contributed by atoms with Gasteiger partial charge in [0.25, 0.3) is 5.91 Å². The molecule has 7 nitrogen and oxygen atoms in total. The van der Waals surface area contributed by atoms with Gasteiger partial charge in [-0.25, -0.2) is 8.42 Å². The maximum absolute atomic E-state index is 12.7. The number of carbonyl (C=O) groups excluding carboxylic acids is 2. The molecule has 2 aromatic carbocycles. The number of esters is 1. The van der Waals surface area contributed by atoms with Crippen LogP contribution in [0.1, 0.15) is 44.2 Å². The topological polar surface area (TPSA) is 92.8 Å². The number of amides is 1. The number of carbonyl (C=O) groups is 2. The van der Waals surface area contributed by atoms with Crippen molar-refractivity contribution in [2.45, 2.75) is 43.5 Å². The summed E-state index contributed by atoms with van der Waals surface area (Å²) in [7, 11) is -3.57. The van der Waals surface area contributed by atoms with Gasteiger partial charge in [-0.1, -0.05) is 61.9 Å². The van der Waals surface area contributed by atoms with E-state index in [1.807, 2.05) is 37.3 Å². The number of benzene rings is 2. The molecule has 1 heterocycles. The van der Waals surface area contributed by atoms with Crippen molar-refractivity contribution in [3.63, 3.8) is 0 Å². The Bertz CT molecular complexity index is 988. The SMILES string of the molecule is CCCC(NC(=O)COC(=O)C1CCN(S(=O)(=O)c2ccccc2)CC1)c1ccccc1. The first-order valence-corrected chi connectivity index (χ1v) is 12.4. The van der Waals surface area contributed by atoms with Crippen LogP contribution in [-0.2, 0) is 24.3 Å². The van der Waals surface area contributed by atoms with Crippen LogP contribution in [0.15, 0.2) is 65.6 Å². The van der Waals surface area contributed by atoms with Crippen LogP contribution in [0.4, 0.5) is 0 Å². The lowest BCUT2D eigenvalue weighted by molar-refractivity contribution is -0.153. The van der Waals surface area contributed by atoms with E-state index in [0.29, 0.717) is 12.8 Å². The summed E-state index contributed by atoms with van der Waals surface area (Å²) in [6.45, 7) is 2.20. The molecule has 1 saturated heterocycles. The van der Waals surface area contributed by atoms with Gasteiger partial charge in [0.1, 0.15) is 0 Å². The number of hydrogen-bond acceptors (Lipinski definition) is 5. The first-order chi connectivity index (χ1) is 15.4. The minimum absolute atomic E-state index is 0.126. The fourth-order valence-electron chi connectivity index (χ4n) is 3.86. The second-order valence-corrected chi connectivity index (χ2v) is 9.86. The lowest BCUT2D eigenvalue weighted by Gasteiger charge is -2.30.